The second kappa shape index (κ2) is 4.34. The lowest BCUT2D eigenvalue weighted by Crippen LogP contribution is -2.60. The Balaban J connectivity index is 1.89. The number of rotatable bonds is 6. The van der Waals surface area contributed by atoms with Crippen molar-refractivity contribution in [3.63, 3.8) is 0 Å². The van der Waals surface area contributed by atoms with Gasteiger partial charge in [-0.15, -0.1) is 0 Å². The largest absolute Gasteiger partial charge is 0.368 e. The lowest BCUT2D eigenvalue weighted by atomic mass is 9.91. The van der Waals surface area contributed by atoms with Crippen molar-refractivity contribution in [2.24, 2.45) is 11.7 Å². The quantitative estimate of drug-likeness (QED) is 0.799. The Kier molecular flexibility index (Phi) is 2.89. The molecule has 1 unspecified atom stereocenters. The maximum atomic E-state index is 12.1. The van der Waals surface area contributed by atoms with E-state index in [4.69, 9.17) is 5.73 Å². The smallest absolute Gasteiger partial charge is 0.239 e. The summed E-state index contributed by atoms with van der Waals surface area (Å²) < 4.78 is 1.92. The van der Waals surface area contributed by atoms with Crippen LogP contribution in [0.4, 0.5) is 0 Å². The van der Waals surface area contributed by atoms with E-state index in [0.717, 1.165) is 37.1 Å². The molecule has 5 heteroatoms. The van der Waals surface area contributed by atoms with Gasteiger partial charge in [-0.2, -0.15) is 5.10 Å². The molecule has 104 valence electrons. The molecule has 2 aliphatic carbocycles. The second-order valence-corrected chi connectivity index (χ2v) is 6.11. The summed E-state index contributed by atoms with van der Waals surface area (Å²) in [6.07, 6.45) is 4.47. The third-order valence-corrected chi connectivity index (χ3v) is 4.26. The summed E-state index contributed by atoms with van der Waals surface area (Å²) >= 11 is 0. The van der Waals surface area contributed by atoms with Gasteiger partial charge in [0.25, 0.3) is 0 Å². The zero-order chi connectivity index (χ0) is 13.6. The molecule has 1 aromatic rings. The van der Waals surface area contributed by atoms with Gasteiger partial charge in [0.15, 0.2) is 0 Å². The number of nitrogens with one attached hydrogen (secondary N) is 1. The fourth-order valence-corrected chi connectivity index (χ4v) is 2.88. The predicted octanol–water partition coefficient (Wildman–Crippen LogP) is 0.886. The Morgan fingerprint density at radius 3 is 2.58 bits per heavy atom. The van der Waals surface area contributed by atoms with Crippen LogP contribution in [0.3, 0.4) is 0 Å². The van der Waals surface area contributed by atoms with Crippen LogP contribution in [0.2, 0.25) is 0 Å². The highest BCUT2D eigenvalue weighted by molar-refractivity contribution is 5.85. The van der Waals surface area contributed by atoms with Gasteiger partial charge in [0.05, 0.1) is 12.2 Å². The van der Waals surface area contributed by atoms with Gasteiger partial charge < -0.3 is 5.73 Å². The van der Waals surface area contributed by atoms with Gasteiger partial charge >= 0.3 is 0 Å². The molecule has 1 amide bonds. The molecule has 0 aliphatic heterocycles. The zero-order valence-electron chi connectivity index (χ0n) is 11.6. The molecule has 0 spiro atoms. The number of carbonyl (C=O) groups excluding carboxylic acids is 1. The Hall–Kier alpha value is -1.36. The monoisotopic (exact) mass is 262 g/mol. The number of carbonyl (C=O) groups is 1. The highest BCUT2D eigenvalue weighted by atomic mass is 16.1. The molecule has 19 heavy (non-hydrogen) atoms. The van der Waals surface area contributed by atoms with E-state index in [1.54, 1.807) is 0 Å². The number of primary amides is 1. The molecule has 5 nitrogen and oxygen atoms in total. The number of aromatic nitrogens is 2. The molecule has 1 heterocycles. The highest BCUT2D eigenvalue weighted by Crippen LogP contribution is 2.42. The molecule has 2 aliphatic rings. The van der Waals surface area contributed by atoms with Crippen molar-refractivity contribution in [1.29, 1.82) is 0 Å². The minimum Gasteiger partial charge on any atom is -0.368 e. The summed E-state index contributed by atoms with van der Waals surface area (Å²) in [5.41, 5.74) is 7.21. The number of amides is 1. The van der Waals surface area contributed by atoms with Crippen LogP contribution in [0.25, 0.3) is 0 Å². The third-order valence-electron chi connectivity index (χ3n) is 4.26. The first-order chi connectivity index (χ1) is 9.01. The fraction of sp³-hybridized carbons (Fsp3) is 0.714. The van der Waals surface area contributed by atoms with Gasteiger partial charge in [-0.3, -0.25) is 14.8 Å². The van der Waals surface area contributed by atoms with Gasteiger partial charge in [0.1, 0.15) is 5.54 Å². The molecular weight excluding hydrogens is 240 g/mol. The summed E-state index contributed by atoms with van der Waals surface area (Å²) in [7, 11) is 0. The topological polar surface area (TPSA) is 72.9 Å². The maximum absolute atomic E-state index is 12.1. The van der Waals surface area contributed by atoms with Gasteiger partial charge in [-0.25, -0.2) is 0 Å². The SMILES string of the molecule is Cc1cc(C)n(CC(NC2CC2)(C(N)=O)C2CC2)n1. The van der Waals surface area contributed by atoms with Gasteiger partial charge in [-0.1, -0.05) is 0 Å². The van der Waals surface area contributed by atoms with Crippen LogP contribution in [0.1, 0.15) is 37.1 Å². The Morgan fingerprint density at radius 1 is 1.47 bits per heavy atom. The van der Waals surface area contributed by atoms with Gasteiger partial charge in [0, 0.05) is 11.7 Å². The average Bonchev–Trinajstić information content (AvgIpc) is 3.20. The van der Waals surface area contributed by atoms with Crippen molar-refractivity contribution in [2.75, 3.05) is 0 Å². The van der Waals surface area contributed by atoms with E-state index in [0.29, 0.717) is 18.5 Å². The highest BCUT2D eigenvalue weighted by Gasteiger charge is 2.52. The van der Waals surface area contributed by atoms with Crippen molar-refractivity contribution in [3.05, 3.63) is 17.5 Å². The Morgan fingerprint density at radius 2 is 2.16 bits per heavy atom. The molecule has 0 aromatic carbocycles. The van der Waals surface area contributed by atoms with Gasteiger partial charge in [0.2, 0.25) is 5.91 Å². The molecule has 3 rings (SSSR count). The van der Waals surface area contributed by atoms with Crippen LogP contribution in [-0.4, -0.2) is 27.3 Å². The lowest BCUT2D eigenvalue weighted by molar-refractivity contribution is -0.126. The van der Waals surface area contributed by atoms with Crippen LogP contribution in [-0.2, 0) is 11.3 Å². The summed E-state index contributed by atoms with van der Waals surface area (Å²) in [6, 6.07) is 2.50. The standard InChI is InChI=1S/C14H22N4O/c1-9-7-10(2)18(17-9)8-14(13(15)19,11-3-4-11)16-12-5-6-12/h7,11-12,16H,3-6,8H2,1-2H3,(H2,15,19). The van der Waals surface area contributed by atoms with Gasteiger partial charge in [-0.05, 0) is 51.5 Å². The predicted molar refractivity (Wildman–Crippen MR) is 72.5 cm³/mol. The summed E-state index contributed by atoms with van der Waals surface area (Å²) in [5.74, 6) is 0.143. The number of aryl methyl sites for hydroxylation is 2. The number of hydrogen-bond donors (Lipinski definition) is 2. The third kappa shape index (κ3) is 2.39. The minimum atomic E-state index is -0.607. The summed E-state index contributed by atoms with van der Waals surface area (Å²) in [6.45, 7) is 4.56. The van der Waals surface area contributed by atoms with E-state index in [1.165, 1.54) is 0 Å². The van der Waals surface area contributed by atoms with E-state index in [-0.39, 0.29) is 5.91 Å². The van der Waals surface area contributed by atoms with Crippen molar-refractivity contribution in [1.82, 2.24) is 15.1 Å². The first kappa shape index (κ1) is 12.7. The zero-order valence-corrected chi connectivity index (χ0v) is 11.6. The second-order valence-electron chi connectivity index (χ2n) is 6.11. The van der Waals surface area contributed by atoms with Crippen molar-refractivity contribution < 1.29 is 4.79 Å². The molecule has 2 saturated carbocycles. The van der Waals surface area contributed by atoms with Crippen LogP contribution >= 0.6 is 0 Å². The molecule has 0 bridgehead atoms. The van der Waals surface area contributed by atoms with E-state index >= 15 is 0 Å². The normalized spacial score (nSPS) is 22.2. The molecule has 1 atom stereocenters. The number of hydrogen-bond acceptors (Lipinski definition) is 3. The minimum absolute atomic E-state index is 0.227. The molecule has 1 aromatic heterocycles. The van der Waals surface area contributed by atoms with E-state index in [1.807, 2.05) is 24.6 Å². The maximum Gasteiger partial charge on any atom is 0.239 e. The number of nitrogens with two attached hydrogens (primary N) is 1. The van der Waals surface area contributed by atoms with E-state index in [2.05, 4.69) is 10.4 Å². The van der Waals surface area contributed by atoms with E-state index < -0.39 is 5.54 Å². The van der Waals surface area contributed by atoms with Crippen molar-refractivity contribution >= 4 is 5.91 Å². The van der Waals surface area contributed by atoms with Crippen LogP contribution in [0.15, 0.2) is 6.07 Å². The van der Waals surface area contributed by atoms with Crippen LogP contribution in [0, 0.1) is 19.8 Å². The summed E-state index contributed by atoms with van der Waals surface area (Å²) in [4.78, 5) is 12.1. The number of nitrogens with zero attached hydrogens (tertiary/aromatic N) is 2. The molecular formula is C14H22N4O. The summed E-state index contributed by atoms with van der Waals surface area (Å²) in [5, 5.41) is 8.00. The molecule has 0 radical (unpaired) electrons. The van der Waals surface area contributed by atoms with Crippen LogP contribution in [0.5, 0.6) is 0 Å². The first-order valence-corrected chi connectivity index (χ1v) is 7.10. The van der Waals surface area contributed by atoms with E-state index in [9.17, 15) is 4.79 Å². The molecule has 0 saturated heterocycles. The van der Waals surface area contributed by atoms with Crippen LogP contribution < -0.4 is 11.1 Å². The molecule has 2 fully saturated rings. The Bertz CT molecular complexity index is 502. The Labute approximate surface area is 113 Å². The lowest BCUT2D eigenvalue weighted by Gasteiger charge is -2.32. The average molecular weight is 262 g/mol. The van der Waals surface area contributed by atoms with Crippen molar-refractivity contribution in [3.8, 4) is 0 Å². The fourth-order valence-electron chi connectivity index (χ4n) is 2.88. The van der Waals surface area contributed by atoms with Crippen molar-refractivity contribution in [2.45, 2.75) is 57.7 Å². The molecule has 3 N–H and O–H groups in total. The first-order valence-electron chi connectivity index (χ1n) is 7.10.